The first kappa shape index (κ1) is 15.4. The molecule has 0 bridgehead atoms. The number of piperazine rings is 1. The second-order valence-corrected chi connectivity index (χ2v) is 6.25. The molecule has 5 nitrogen and oxygen atoms in total. The minimum atomic E-state index is -0.440. The number of benzene rings is 2. The number of fused-ring (bicyclic) bond motifs is 2. The normalized spacial score (nSPS) is 20.8. The van der Waals surface area contributed by atoms with Crippen molar-refractivity contribution in [2.24, 2.45) is 0 Å². The summed E-state index contributed by atoms with van der Waals surface area (Å²) in [6.45, 7) is 0.461. The number of hydrogen-bond acceptors (Lipinski definition) is 3. The van der Waals surface area contributed by atoms with Gasteiger partial charge in [0.15, 0.2) is 0 Å². The van der Waals surface area contributed by atoms with Crippen LogP contribution in [0.25, 0.3) is 6.08 Å². The smallest absolute Gasteiger partial charge is 0.271 e. The highest BCUT2D eigenvalue weighted by atomic mass is 16.5. The van der Waals surface area contributed by atoms with Crippen LogP contribution in [0.3, 0.4) is 0 Å². The van der Waals surface area contributed by atoms with Gasteiger partial charge in [-0.15, -0.1) is 0 Å². The van der Waals surface area contributed by atoms with E-state index in [4.69, 9.17) is 4.74 Å². The van der Waals surface area contributed by atoms with E-state index in [1.54, 1.807) is 18.1 Å². The molecule has 1 N–H and O–H groups in total. The molecule has 2 aliphatic rings. The van der Waals surface area contributed by atoms with Crippen molar-refractivity contribution in [2.75, 3.05) is 7.11 Å². The highest BCUT2D eigenvalue weighted by molar-refractivity contribution is 6.07. The molecule has 4 rings (SSSR count). The van der Waals surface area contributed by atoms with E-state index >= 15 is 0 Å². The summed E-state index contributed by atoms with van der Waals surface area (Å²) in [6.07, 6.45) is 2.25. The molecule has 2 aromatic rings. The largest absolute Gasteiger partial charge is 0.497 e. The van der Waals surface area contributed by atoms with Crippen molar-refractivity contribution >= 4 is 17.9 Å². The van der Waals surface area contributed by atoms with Crippen LogP contribution in [0, 0.1) is 0 Å². The van der Waals surface area contributed by atoms with Crippen LogP contribution in [0.4, 0.5) is 0 Å². The predicted octanol–water partition coefficient (Wildman–Crippen LogP) is 2.12. The summed E-state index contributed by atoms with van der Waals surface area (Å²) in [5.41, 5.74) is 3.34. The summed E-state index contributed by atoms with van der Waals surface area (Å²) in [6, 6.07) is 14.9. The molecule has 0 unspecified atom stereocenters. The van der Waals surface area contributed by atoms with Crippen LogP contribution in [-0.2, 0) is 22.6 Å². The third kappa shape index (κ3) is 2.78. The lowest BCUT2D eigenvalue weighted by molar-refractivity contribution is -0.143. The molecule has 1 atom stereocenters. The zero-order valence-corrected chi connectivity index (χ0v) is 13.9. The first-order valence-corrected chi connectivity index (χ1v) is 8.20. The Morgan fingerprint density at radius 2 is 1.92 bits per heavy atom. The molecule has 2 aromatic carbocycles. The van der Waals surface area contributed by atoms with E-state index in [-0.39, 0.29) is 11.8 Å². The van der Waals surface area contributed by atoms with Crippen molar-refractivity contribution in [3.05, 3.63) is 70.9 Å². The average molecular weight is 334 g/mol. The maximum atomic E-state index is 12.9. The molecule has 1 fully saturated rings. The van der Waals surface area contributed by atoms with Crippen LogP contribution >= 0.6 is 0 Å². The standard InChI is InChI=1S/C20H18N2O3/c1-25-16-8-4-5-13(9-16)10-17-20(24)22-12-15-7-3-2-6-14(15)11-18(22)19(23)21-17/h2-10,18H,11-12H2,1H3,(H,21,23)/t18-/m0/s1. The quantitative estimate of drug-likeness (QED) is 0.856. The average Bonchev–Trinajstić information content (AvgIpc) is 2.65. The Morgan fingerprint density at radius 1 is 1.12 bits per heavy atom. The molecule has 2 heterocycles. The Kier molecular flexibility index (Phi) is 3.76. The first-order chi connectivity index (χ1) is 12.2. The van der Waals surface area contributed by atoms with Crippen LogP contribution in [0.1, 0.15) is 16.7 Å². The van der Waals surface area contributed by atoms with E-state index in [2.05, 4.69) is 5.32 Å². The SMILES string of the molecule is COc1cccc(C=C2NC(=O)[C@@H]3Cc4ccccc4CN3C2=O)c1. The highest BCUT2D eigenvalue weighted by Gasteiger charge is 2.40. The Labute approximate surface area is 145 Å². The molecular formula is C20H18N2O3. The molecule has 5 heteroatoms. The van der Waals surface area contributed by atoms with Gasteiger partial charge in [0.2, 0.25) is 5.91 Å². The molecule has 0 radical (unpaired) electrons. The van der Waals surface area contributed by atoms with Gasteiger partial charge in [-0.2, -0.15) is 0 Å². The fourth-order valence-electron chi connectivity index (χ4n) is 3.39. The van der Waals surface area contributed by atoms with Crippen LogP contribution in [0.15, 0.2) is 54.2 Å². The van der Waals surface area contributed by atoms with E-state index in [0.717, 1.165) is 16.7 Å². The number of amides is 2. The van der Waals surface area contributed by atoms with Crippen molar-refractivity contribution < 1.29 is 14.3 Å². The van der Waals surface area contributed by atoms with Gasteiger partial charge in [-0.1, -0.05) is 36.4 Å². The van der Waals surface area contributed by atoms with E-state index in [1.807, 2.05) is 48.5 Å². The van der Waals surface area contributed by atoms with Gasteiger partial charge in [0.25, 0.3) is 5.91 Å². The van der Waals surface area contributed by atoms with Crippen molar-refractivity contribution in [1.82, 2.24) is 10.2 Å². The molecule has 25 heavy (non-hydrogen) atoms. The number of ether oxygens (including phenoxy) is 1. The number of nitrogens with zero attached hydrogens (tertiary/aromatic N) is 1. The minimum Gasteiger partial charge on any atom is -0.497 e. The van der Waals surface area contributed by atoms with Gasteiger partial charge in [-0.05, 0) is 34.9 Å². The van der Waals surface area contributed by atoms with Gasteiger partial charge in [0.1, 0.15) is 17.5 Å². The number of rotatable bonds is 2. The minimum absolute atomic E-state index is 0.136. The zero-order chi connectivity index (χ0) is 17.4. The lowest BCUT2D eigenvalue weighted by Crippen LogP contribution is -2.58. The number of hydrogen-bond donors (Lipinski definition) is 1. The Hall–Kier alpha value is -3.08. The number of methoxy groups -OCH3 is 1. The summed E-state index contributed by atoms with van der Waals surface area (Å²) in [7, 11) is 1.59. The highest BCUT2D eigenvalue weighted by Crippen LogP contribution is 2.27. The van der Waals surface area contributed by atoms with Crippen LogP contribution in [-0.4, -0.2) is 29.9 Å². The van der Waals surface area contributed by atoms with Crippen molar-refractivity contribution in [1.29, 1.82) is 0 Å². The number of carbonyl (C=O) groups is 2. The second-order valence-electron chi connectivity index (χ2n) is 6.25. The topological polar surface area (TPSA) is 58.6 Å². The maximum absolute atomic E-state index is 12.9. The Bertz CT molecular complexity index is 888. The summed E-state index contributed by atoms with van der Waals surface area (Å²) < 4.78 is 5.20. The molecule has 0 aliphatic carbocycles. The van der Waals surface area contributed by atoms with E-state index in [9.17, 15) is 9.59 Å². The number of carbonyl (C=O) groups excluding carboxylic acids is 2. The van der Waals surface area contributed by atoms with Crippen LogP contribution in [0.5, 0.6) is 5.75 Å². The van der Waals surface area contributed by atoms with Gasteiger partial charge in [0.05, 0.1) is 7.11 Å². The van der Waals surface area contributed by atoms with Gasteiger partial charge in [-0.3, -0.25) is 9.59 Å². The van der Waals surface area contributed by atoms with E-state index in [1.165, 1.54) is 0 Å². The van der Waals surface area contributed by atoms with Crippen molar-refractivity contribution in [2.45, 2.75) is 19.0 Å². The molecule has 1 saturated heterocycles. The third-order valence-corrected chi connectivity index (χ3v) is 4.71. The lowest BCUT2D eigenvalue weighted by Gasteiger charge is -2.39. The molecule has 0 aromatic heterocycles. The summed E-state index contributed by atoms with van der Waals surface area (Å²) >= 11 is 0. The Balaban J connectivity index is 1.66. The predicted molar refractivity (Wildman–Crippen MR) is 93.6 cm³/mol. The van der Waals surface area contributed by atoms with Crippen LogP contribution in [0.2, 0.25) is 0 Å². The fourth-order valence-corrected chi connectivity index (χ4v) is 3.39. The van der Waals surface area contributed by atoms with Gasteiger partial charge in [-0.25, -0.2) is 0 Å². The first-order valence-electron chi connectivity index (χ1n) is 8.20. The second kappa shape index (κ2) is 6.09. The van der Waals surface area contributed by atoms with Gasteiger partial charge < -0.3 is 15.0 Å². The maximum Gasteiger partial charge on any atom is 0.271 e. The van der Waals surface area contributed by atoms with Gasteiger partial charge in [0, 0.05) is 13.0 Å². The Morgan fingerprint density at radius 3 is 2.72 bits per heavy atom. The molecule has 2 amide bonds. The monoisotopic (exact) mass is 334 g/mol. The van der Waals surface area contributed by atoms with E-state index in [0.29, 0.717) is 24.4 Å². The molecule has 0 saturated carbocycles. The number of nitrogens with one attached hydrogen (secondary N) is 1. The van der Waals surface area contributed by atoms with Crippen molar-refractivity contribution in [3.8, 4) is 5.75 Å². The van der Waals surface area contributed by atoms with Gasteiger partial charge >= 0.3 is 0 Å². The fraction of sp³-hybridized carbons (Fsp3) is 0.200. The third-order valence-electron chi connectivity index (χ3n) is 4.71. The molecular weight excluding hydrogens is 316 g/mol. The van der Waals surface area contributed by atoms with Crippen molar-refractivity contribution in [3.63, 3.8) is 0 Å². The lowest BCUT2D eigenvalue weighted by atomic mass is 9.91. The summed E-state index contributed by atoms with van der Waals surface area (Å²) in [4.78, 5) is 27.1. The molecule has 2 aliphatic heterocycles. The summed E-state index contributed by atoms with van der Waals surface area (Å²) in [5.74, 6) is 0.416. The molecule has 0 spiro atoms. The summed E-state index contributed by atoms with van der Waals surface area (Å²) in [5, 5.41) is 2.77. The van der Waals surface area contributed by atoms with Crippen LogP contribution < -0.4 is 10.1 Å². The zero-order valence-electron chi connectivity index (χ0n) is 13.9. The van der Waals surface area contributed by atoms with E-state index < -0.39 is 6.04 Å². The molecule has 126 valence electrons.